The van der Waals surface area contributed by atoms with Gasteiger partial charge in [-0.25, -0.2) is 17.2 Å². The van der Waals surface area contributed by atoms with Crippen LogP contribution < -0.4 is 0 Å². The summed E-state index contributed by atoms with van der Waals surface area (Å²) in [6, 6.07) is 2.87. The van der Waals surface area contributed by atoms with E-state index in [0.29, 0.717) is 12.8 Å². The second kappa shape index (κ2) is 6.07. The van der Waals surface area contributed by atoms with E-state index in [4.69, 9.17) is 0 Å². The van der Waals surface area contributed by atoms with Gasteiger partial charge in [-0.3, -0.25) is 4.79 Å². The number of rotatable bonds is 3. The zero-order valence-corrected chi connectivity index (χ0v) is 12.2. The van der Waals surface area contributed by atoms with E-state index in [1.165, 1.54) is 7.11 Å². The van der Waals surface area contributed by atoms with Crippen molar-refractivity contribution in [2.24, 2.45) is 5.92 Å². The highest BCUT2D eigenvalue weighted by molar-refractivity contribution is 7.89. The first-order valence-corrected chi connectivity index (χ1v) is 7.84. The lowest BCUT2D eigenvalue weighted by atomic mass is 10.0. The van der Waals surface area contributed by atoms with Crippen LogP contribution in [0.15, 0.2) is 23.1 Å². The molecule has 0 aliphatic carbocycles. The molecule has 1 aliphatic rings. The van der Waals surface area contributed by atoms with Crippen molar-refractivity contribution in [1.29, 1.82) is 0 Å². The molecule has 0 saturated carbocycles. The third-order valence-electron chi connectivity index (χ3n) is 3.44. The molecule has 0 aromatic heterocycles. The first-order chi connectivity index (χ1) is 9.87. The number of piperidine rings is 1. The van der Waals surface area contributed by atoms with Gasteiger partial charge in [-0.2, -0.15) is 4.31 Å². The van der Waals surface area contributed by atoms with E-state index >= 15 is 0 Å². The van der Waals surface area contributed by atoms with Crippen molar-refractivity contribution in [3.05, 3.63) is 29.8 Å². The molecule has 0 N–H and O–H groups in total. The SMILES string of the molecule is COC(=O)C1CCCN(S(=O)(=O)c2c(F)cccc2F)C1. The topological polar surface area (TPSA) is 63.7 Å². The molecule has 1 aromatic rings. The predicted octanol–water partition coefficient (Wildman–Crippen LogP) is 1.54. The van der Waals surface area contributed by atoms with Crippen molar-refractivity contribution in [1.82, 2.24) is 4.31 Å². The van der Waals surface area contributed by atoms with Crippen molar-refractivity contribution in [3.8, 4) is 0 Å². The van der Waals surface area contributed by atoms with E-state index in [2.05, 4.69) is 4.74 Å². The lowest BCUT2D eigenvalue weighted by Gasteiger charge is -2.30. The van der Waals surface area contributed by atoms with Crippen molar-refractivity contribution in [3.63, 3.8) is 0 Å². The quantitative estimate of drug-likeness (QED) is 0.793. The molecule has 8 heteroatoms. The van der Waals surface area contributed by atoms with Gasteiger partial charge in [0.05, 0.1) is 13.0 Å². The molecule has 1 aliphatic heterocycles. The number of nitrogens with zero attached hydrogens (tertiary/aromatic N) is 1. The summed E-state index contributed by atoms with van der Waals surface area (Å²) in [7, 11) is -3.11. The van der Waals surface area contributed by atoms with Crippen LogP contribution in [0.4, 0.5) is 8.78 Å². The Kier molecular flexibility index (Phi) is 4.58. The van der Waals surface area contributed by atoms with Gasteiger partial charge in [0, 0.05) is 13.1 Å². The van der Waals surface area contributed by atoms with Crippen LogP contribution in [0.1, 0.15) is 12.8 Å². The maximum absolute atomic E-state index is 13.7. The standard InChI is InChI=1S/C13H15F2NO4S/c1-20-13(17)9-4-3-7-16(8-9)21(18,19)12-10(14)5-2-6-11(12)15/h2,5-6,9H,3-4,7-8H2,1H3. The number of methoxy groups -OCH3 is 1. The second-order valence-corrected chi connectivity index (χ2v) is 6.65. The molecule has 1 heterocycles. The highest BCUT2D eigenvalue weighted by Gasteiger charge is 2.36. The third-order valence-corrected chi connectivity index (χ3v) is 5.35. The number of esters is 1. The summed E-state index contributed by atoms with van der Waals surface area (Å²) >= 11 is 0. The van der Waals surface area contributed by atoms with Crippen molar-refractivity contribution < 1.29 is 26.7 Å². The molecule has 116 valence electrons. The Morgan fingerprint density at radius 3 is 2.52 bits per heavy atom. The van der Waals surface area contributed by atoms with E-state index in [-0.39, 0.29) is 13.1 Å². The molecule has 1 atom stereocenters. The van der Waals surface area contributed by atoms with Gasteiger partial charge in [0.25, 0.3) is 0 Å². The number of hydrogen-bond donors (Lipinski definition) is 0. The molecule has 1 saturated heterocycles. The number of ether oxygens (including phenoxy) is 1. The second-order valence-electron chi connectivity index (χ2n) is 4.78. The van der Waals surface area contributed by atoms with Crippen LogP contribution >= 0.6 is 0 Å². The normalized spacial score (nSPS) is 20.2. The fourth-order valence-corrected chi connectivity index (χ4v) is 4.01. The average molecular weight is 319 g/mol. The minimum absolute atomic E-state index is 0.115. The lowest BCUT2D eigenvalue weighted by Crippen LogP contribution is -2.43. The molecule has 1 fully saturated rings. The first kappa shape index (κ1) is 15.8. The molecule has 0 amide bonds. The molecule has 5 nitrogen and oxygen atoms in total. The summed E-state index contributed by atoms with van der Waals surface area (Å²) in [5, 5.41) is 0. The molecular formula is C13H15F2NO4S. The number of hydrogen-bond acceptors (Lipinski definition) is 4. The van der Waals surface area contributed by atoms with Crippen LogP contribution in [0.3, 0.4) is 0 Å². The van der Waals surface area contributed by atoms with E-state index < -0.39 is 38.4 Å². The summed E-state index contributed by atoms with van der Waals surface area (Å²) in [6.45, 7) is -0.0214. The summed E-state index contributed by atoms with van der Waals surface area (Å²) in [4.78, 5) is 10.5. The van der Waals surface area contributed by atoms with Gasteiger partial charge in [0.2, 0.25) is 10.0 Å². The maximum atomic E-state index is 13.7. The van der Waals surface area contributed by atoms with Crippen molar-refractivity contribution >= 4 is 16.0 Å². The van der Waals surface area contributed by atoms with Gasteiger partial charge >= 0.3 is 5.97 Å². The summed E-state index contributed by atoms with van der Waals surface area (Å²) in [5.74, 6) is -3.43. The smallest absolute Gasteiger partial charge is 0.309 e. The fraction of sp³-hybridized carbons (Fsp3) is 0.462. The molecule has 2 rings (SSSR count). The monoisotopic (exact) mass is 319 g/mol. The van der Waals surface area contributed by atoms with Gasteiger partial charge in [-0.1, -0.05) is 6.07 Å². The van der Waals surface area contributed by atoms with Crippen LogP contribution in [0, 0.1) is 17.6 Å². The molecule has 1 aromatic carbocycles. The van der Waals surface area contributed by atoms with Gasteiger partial charge < -0.3 is 4.74 Å². The Labute approximate surface area is 121 Å². The molecular weight excluding hydrogens is 304 g/mol. The lowest BCUT2D eigenvalue weighted by molar-refractivity contribution is -0.146. The number of halogens is 2. The van der Waals surface area contributed by atoms with E-state index in [1.807, 2.05) is 0 Å². The Bertz CT molecular complexity index is 627. The number of benzene rings is 1. The zero-order chi connectivity index (χ0) is 15.6. The Morgan fingerprint density at radius 2 is 1.95 bits per heavy atom. The summed E-state index contributed by atoms with van der Waals surface area (Å²) < 4.78 is 57.7. The van der Waals surface area contributed by atoms with Crippen LogP contribution in [0.25, 0.3) is 0 Å². The minimum atomic E-state index is -4.32. The zero-order valence-electron chi connectivity index (χ0n) is 11.4. The average Bonchev–Trinajstić information content (AvgIpc) is 2.46. The van der Waals surface area contributed by atoms with Crippen molar-refractivity contribution in [2.75, 3.05) is 20.2 Å². The van der Waals surface area contributed by atoms with Gasteiger partial charge in [-0.15, -0.1) is 0 Å². The van der Waals surface area contributed by atoms with Gasteiger partial charge in [0.1, 0.15) is 11.6 Å². The highest BCUT2D eigenvalue weighted by Crippen LogP contribution is 2.27. The van der Waals surface area contributed by atoms with Crippen molar-refractivity contribution in [2.45, 2.75) is 17.7 Å². The van der Waals surface area contributed by atoms with E-state index in [0.717, 1.165) is 22.5 Å². The number of carbonyl (C=O) groups is 1. The molecule has 21 heavy (non-hydrogen) atoms. The van der Waals surface area contributed by atoms with Crippen LogP contribution in [-0.2, 0) is 19.6 Å². The van der Waals surface area contributed by atoms with Gasteiger partial charge in [0.15, 0.2) is 4.90 Å². The Morgan fingerprint density at radius 1 is 1.33 bits per heavy atom. The fourth-order valence-electron chi connectivity index (χ4n) is 2.38. The largest absolute Gasteiger partial charge is 0.469 e. The Balaban J connectivity index is 2.33. The first-order valence-electron chi connectivity index (χ1n) is 6.40. The van der Waals surface area contributed by atoms with Crippen LogP contribution in [0.2, 0.25) is 0 Å². The number of sulfonamides is 1. The van der Waals surface area contributed by atoms with Gasteiger partial charge in [-0.05, 0) is 25.0 Å². The third kappa shape index (κ3) is 3.06. The molecule has 0 radical (unpaired) electrons. The Hall–Kier alpha value is -1.54. The molecule has 0 spiro atoms. The molecule has 0 bridgehead atoms. The minimum Gasteiger partial charge on any atom is -0.469 e. The highest BCUT2D eigenvalue weighted by atomic mass is 32.2. The maximum Gasteiger partial charge on any atom is 0.309 e. The van der Waals surface area contributed by atoms with Crippen LogP contribution in [0.5, 0.6) is 0 Å². The summed E-state index contributed by atoms with van der Waals surface area (Å²) in [5.41, 5.74) is 0. The van der Waals surface area contributed by atoms with Crippen LogP contribution in [-0.4, -0.2) is 38.9 Å². The van der Waals surface area contributed by atoms with E-state index in [1.54, 1.807) is 0 Å². The number of carbonyl (C=O) groups excluding carboxylic acids is 1. The summed E-state index contributed by atoms with van der Waals surface area (Å²) in [6.07, 6.45) is 0.910. The molecule has 1 unspecified atom stereocenters. The van der Waals surface area contributed by atoms with E-state index in [9.17, 15) is 22.0 Å². The predicted molar refractivity (Wildman–Crippen MR) is 69.9 cm³/mol.